The van der Waals surface area contributed by atoms with Gasteiger partial charge < -0.3 is 0 Å². The monoisotopic (exact) mass is 314 g/mol. The number of pyridine rings is 1. The van der Waals surface area contributed by atoms with E-state index >= 15 is 0 Å². The predicted molar refractivity (Wildman–Crippen MR) is 51.2 cm³/mol. The molecule has 92 valence electrons. The molecule has 0 aromatic carbocycles. The van der Waals surface area contributed by atoms with Gasteiger partial charge in [0.05, 0.1) is 18.1 Å². The van der Waals surface area contributed by atoms with Gasteiger partial charge >= 0.3 is 6.18 Å². The fraction of sp³-hybridized carbons (Fsp3) is 0.333. The van der Waals surface area contributed by atoms with Gasteiger partial charge in [-0.1, -0.05) is 0 Å². The molecule has 0 aliphatic heterocycles. The van der Waals surface area contributed by atoms with Crippen molar-refractivity contribution in [3.63, 3.8) is 0 Å². The molecule has 0 saturated carbocycles. The molecule has 0 radical (unpaired) electrons. The van der Waals surface area contributed by atoms with Crippen molar-refractivity contribution in [2.24, 2.45) is 0 Å². The van der Waals surface area contributed by atoms with Crippen molar-refractivity contribution in [1.29, 1.82) is 5.26 Å². The van der Waals surface area contributed by atoms with Gasteiger partial charge in [0.1, 0.15) is 4.60 Å². The van der Waals surface area contributed by atoms with Crippen LogP contribution in [0.4, 0.5) is 22.0 Å². The average molecular weight is 315 g/mol. The van der Waals surface area contributed by atoms with Crippen LogP contribution in [-0.4, -0.2) is 4.98 Å². The number of rotatable bonds is 2. The van der Waals surface area contributed by atoms with Crippen LogP contribution in [0.15, 0.2) is 10.7 Å². The van der Waals surface area contributed by atoms with Crippen LogP contribution in [0.25, 0.3) is 0 Å². The SMILES string of the molecule is N#CCc1cc(Br)nc(C(F)(F)F)c1C(F)F. The number of hydrogen-bond donors (Lipinski definition) is 0. The molecule has 0 saturated heterocycles. The highest BCUT2D eigenvalue weighted by Gasteiger charge is 2.39. The second-order valence-electron chi connectivity index (χ2n) is 3.00. The molecule has 0 fully saturated rings. The highest BCUT2D eigenvalue weighted by Crippen LogP contribution is 2.38. The molecular formula is C9H4BrF5N2. The fourth-order valence-corrected chi connectivity index (χ4v) is 1.72. The summed E-state index contributed by atoms with van der Waals surface area (Å²) in [7, 11) is 0. The van der Waals surface area contributed by atoms with E-state index in [1.807, 2.05) is 0 Å². The van der Waals surface area contributed by atoms with E-state index in [1.54, 1.807) is 0 Å². The largest absolute Gasteiger partial charge is 0.433 e. The minimum Gasteiger partial charge on any atom is -0.236 e. The van der Waals surface area contributed by atoms with E-state index in [1.165, 1.54) is 6.07 Å². The number of aromatic nitrogens is 1. The molecular weight excluding hydrogens is 311 g/mol. The zero-order chi connectivity index (χ0) is 13.2. The minimum atomic E-state index is -4.99. The summed E-state index contributed by atoms with van der Waals surface area (Å²) in [4.78, 5) is 3.01. The summed E-state index contributed by atoms with van der Waals surface area (Å²) in [5.74, 6) is 0. The number of alkyl halides is 5. The topological polar surface area (TPSA) is 36.7 Å². The van der Waals surface area contributed by atoms with Crippen molar-refractivity contribution in [1.82, 2.24) is 4.98 Å². The van der Waals surface area contributed by atoms with Crippen LogP contribution in [-0.2, 0) is 12.6 Å². The standard InChI is InChI=1S/C9H4BrF5N2/c10-5-3-4(1-2-16)6(8(11)12)7(17-5)9(13,14)15/h3,8H,1H2. The van der Waals surface area contributed by atoms with Gasteiger partial charge in [-0.25, -0.2) is 13.8 Å². The summed E-state index contributed by atoms with van der Waals surface area (Å²) in [6.07, 6.45) is -8.86. The molecule has 0 atom stereocenters. The summed E-state index contributed by atoms with van der Waals surface area (Å²) in [6, 6.07) is 2.52. The van der Waals surface area contributed by atoms with E-state index in [4.69, 9.17) is 5.26 Å². The minimum absolute atomic E-state index is 0.237. The van der Waals surface area contributed by atoms with Gasteiger partial charge in [-0.15, -0.1) is 0 Å². The maximum Gasteiger partial charge on any atom is 0.433 e. The summed E-state index contributed by atoms with van der Waals surface area (Å²) >= 11 is 2.69. The smallest absolute Gasteiger partial charge is 0.236 e. The van der Waals surface area contributed by atoms with Gasteiger partial charge in [0.2, 0.25) is 0 Å². The molecule has 0 bridgehead atoms. The fourth-order valence-electron chi connectivity index (χ4n) is 1.26. The molecule has 1 aromatic heterocycles. The number of hydrogen-bond acceptors (Lipinski definition) is 2. The van der Waals surface area contributed by atoms with Crippen LogP contribution in [0.3, 0.4) is 0 Å². The number of halogens is 6. The Kier molecular flexibility index (Phi) is 4.03. The molecule has 1 aromatic rings. The first kappa shape index (κ1) is 13.8. The Morgan fingerprint density at radius 2 is 2.00 bits per heavy atom. The third kappa shape index (κ3) is 3.12. The van der Waals surface area contributed by atoms with Crippen molar-refractivity contribution >= 4 is 15.9 Å². The van der Waals surface area contributed by atoms with E-state index in [2.05, 4.69) is 20.9 Å². The van der Waals surface area contributed by atoms with Crippen molar-refractivity contribution in [3.8, 4) is 6.07 Å². The zero-order valence-corrected chi connectivity index (χ0v) is 9.61. The molecule has 0 amide bonds. The van der Waals surface area contributed by atoms with E-state index < -0.39 is 30.3 Å². The molecule has 1 rings (SSSR count). The molecule has 0 aliphatic rings. The first-order chi connectivity index (χ1) is 7.77. The van der Waals surface area contributed by atoms with Gasteiger partial charge in [-0.3, -0.25) is 0 Å². The normalized spacial score (nSPS) is 11.6. The van der Waals surface area contributed by atoms with Crippen molar-refractivity contribution in [2.45, 2.75) is 19.0 Å². The summed E-state index contributed by atoms with van der Waals surface area (Å²) < 4.78 is 62.5. The molecule has 0 unspecified atom stereocenters. The summed E-state index contributed by atoms with van der Waals surface area (Å²) in [5, 5.41) is 8.40. The second-order valence-corrected chi connectivity index (χ2v) is 3.81. The van der Waals surface area contributed by atoms with E-state index in [-0.39, 0.29) is 10.2 Å². The lowest BCUT2D eigenvalue weighted by atomic mass is 10.0. The van der Waals surface area contributed by atoms with Crippen LogP contribution in [0.1, 0.15) is 23.2 Å². The maximum atomic E-state index is 12.6. The van der Waals surface area contributed by atoms with Crippen LogP contribution < -0.4 is 0 Å². The lowest BCUT2D eigenvalue weighted by Crippen LogP contribution is -2.15. The quantitative estimate of drug-likeness (QED) is 0.614. The number of nitriles is 1. The third-order valence-electron chi connectivity index (χ3n) is 1.87. The zero-order valence-electron chi connectivity index (χ0n) is 8.02. The van der Waals surface area contributed by atoms with Crippen LogP contribution in [0.5, 0.6) is 0 Å². The van der Waals surface area contributed by atoms with E-state index in [0.29, 0.717) is 0 Å². The summed E-state index contributed by atoms with van der Waals surface area (Å²) in [5.41, 5.74) is -3.27. The second kappa shape index (κ2) is 4.96. The van der Waals surface area contributed by atoms with Crippen molar-refractivity contribution in [2.75, 3.05) is 0 Å². The van der Waals surface area contributed by atoms with Gasteiger partial charge in [0.25, 0.3) is 6.43 Å². The molecule has 17 heavy (non-hydrogen) atoms. The molecule has 0 N–H and O–H groups in total. The number of nitrogens with zero attached hydrogens (tertiary/aromatic N) is 2. The highest BCUT2D eigenvalue weighted by atomic mass is 79.9. The van der Waals surface area contributed by atoms with Gasteiger partial charge in [-0.2, -0.15) is 18.4 Å². The predicted octanol–water partition coefficient (Wildman–Crippen LogP) is 3.87. The Morgan fingerprint density at radius 1 is 1.41 bits per heavy atom. The Balaban J connectivity index is 3.53. The highest BCUT2D eigenvalue weighted by molar-refractivity contribution is 9.10. The first-order valence-electron chi connectivity index (χ1n) is 4.19. The Bertz CT molecular complexity index is 464. The van der Waals surface area contributed by atoms with Crippen LogP contribution in [0.2, 0.25) is 0 Å². The third-order valence-corrected chi connectivity index (χ3v) is 2.28. The Labute approximate surface area is 101 Å². The van der Waals surface area contributed by atoms with Crippen LogP contribution in [0, 0.1) is 11.3 Å². The average Bonchev–Trinajstić information content (AvgIpc) is 2.15. The maximum absolute atomic E-state index is 12.6. The van der Waals surface area contributed by atoms with Crippen molar-refractivity contribution in [3.05, 3.63) is 27.5 Å². The lowest BCUT2D eigenvalue weighted by molar-refractivity contribution is -0.143. The van der Waals surface area contributed by atoms with Crippen molar-refractivity contribution < 1.29 is 22.0 Å². The van der Waals surface area contributed by atoms with Gasteiger partial charge in [-0.05, 0) is 27.6 Å². The van der Waals surface area contributed by atoms with E-state index in [0.717, 1.165) is 6.07 Å². The molecule has 0 aliphatic carbocycles. The summed E-state index contributed by atoms with van der Waals surface area (Å²) in [6.45, 7) is 0. The first-order valence-corrected chi connectivity index (χ1v) is 4.98. The lowest BCUT2D eigenvalue weighted by Gasteiger charge is -2.14. The molecule has 0 spiro atoms. The van der Waals surface area contributed by atoms with Gasteiger partial charge in [0.15, 0.2) is 5.69 Å². The molecule has 8 heteroatoms. The van der Waals surface area contributed by atoms with E-state index in [9.17, 15) is 22.0 Å². The molecule has 2 nitrogen and oxygen atoms in total. The molecule has 1 heterocycles. The van der Waals surface area contributed by atoms with Crippen LogP contribution >= 0.6 is 15.9 Å². The van der Waals surface area contributed by atoms with Gasteiger partial charge in [0, 0.05) is 0 Å². The Morgan fingerprint density at radius 3 is 2.41 bits per heavy atom. The Hall–Kier alpha value is -1.23.